The van der Waals surface area contributed by atoms with E-state index in [1.165, 1.54) is 0 Å². The zero-order valence-corrected chi connectivity index (χ0v) is 16.0. The maximum absolute atomic E-state index is 9.99. The van der Waals surface area contributed by atoms with Gasteiger partial charge in [-0.3, -0.25) is 0 Å². The van der Waals surface area contributed by atoms with Crippen molar-refractivity contribution in [2.45, 2.75) is 13.8 Å². The van der Waals surface area contributed by atoms with E-state index in [1.54, 1.807) is 22.7 Å². The molecule has 0 N–H and O–H groups in total. The summed E-state index contributed by atoms with van der Waals surface area (Å²) in [6.07, 6.45) is 0. The molecule has 0 bridgehead atoms. The van der Waals surface area contributed by atoms with Crippen LogP contribution in [0.4, 0.5) is 0 Å². The third-order valence-corrected chi connectivity index (χ3v) is 6.69. The lowest BCUT2D eigenvalue weighted by molar-refractivity contribution is 1.49. The number of nitriles is 2. The van der Waals surface area contributed by atoms with Gasteiger partial charge in [-0.15, -0.1) is 22.7 Å². The minimum absolute atomic E-state index is 0.467. The summed E-state index contributed by atoms with van der Waals surface area (Å²) in [5, 5.41) is 22.1. The smallest absolute Gasteiger partial charge is 0.101 e. The Morgan fingerprint density at radius 2 is 1.08 bits per heavy atom. The third kappa shape index (κ3) is 2.44. The van der Waals surface area contributed by atoms with Crippen molar-refractivity contribution < 1.29 is 0 Å². The van der Waals surface area contributed by atoms with Gasteiger partial charge in [0, 0.05) is 41.1 Å². The number of hydrogen-bond acceptors (Lipinski definition) is 4. The molecular formula is C22H14N2S2. The number of allylic oxidation sites excluding steroid dienone is 2. The molecule has 2 nitrogen and oxygen atoms in total. The summed E-state index contributed by atoms with van der Waals surface area (Å²) >= 11 is 3.33. The van der Waals surface area contributed by atoms with Crippen LogP contribution in [0.25, 0.3) is 31.3 Å². The Morgan fingerprint density at radius 1 is 0.692 bits per heavy atom. The van der Waals surface area contributed by atoms with Gasteiger partial charge in [-0.25, -0.2) is 0 Å². The molecule has 124 valence electrons. The van der Waals surface area contributed by atoms with Crippen LogP contribution in [0, 0.1) is 36.5 Å². The molecule has 0 amide bonds. The number of aryl methyl sites for hydroxylation is 2. The molecular weight excluding hydrogens is 356 g/mol. The van der Waals surface area contributed by atoms with E-state index in [4.69, 9.17) is 0 Å². The van der Waals surface area contributed by atoms with Gasteiger partial charge in [0.1, 0.15) is 12.1 Å². The quantitative estimate of drug-likeness (QED) is 0.369. The summed E-state index contributed by atoms with van der Waals surface area (Å²) in [5.41, 5.74) is 2.71. The van der Waals surface area contributed by atoms with Crippen molar-refractivity contribution in [3.63, 3.8) is 0 Å². The zero-order valence-electron chi connectivity index (χ0n) is 14.3. The second-order valence-corrected chi connectivity index (χ2v) is 8.55. The van der Waals surface area contributed by atoms with Crippen LogP contribution >= 0.6 is 22.7 Å². The number of hydrogen-bond donors (Lipinski definition) is 0. The fraction of sp³-hybridized carbons (Fsp3) is 0.0909. The van der Waals surface area contributed by atoms with Crippen LogP contribution in [-0.2, 0) is 0 Å². The Labute approximate surface area is 159 Å². The Morgan fingerprint density at radius 3 is 1.46 bits per heavy atom. The minimum atomic E-state index is 0.467. The van der Waals surface area contributed by atoms with Crippen molar-refractivity contribution >= 4 is 54.0 Å². The Kier molecular flexibility index (Phi) is 4.09. The molecule has 0 spiro atoms. The van der Waals surface area contributed by atoms with E-state index >= 15 is 0 Å². The van der Waals surface area contributed by atoms with Crippen molar-refractivity contribution in [2.75, 3.05) is 0 Å². The average Bonchev–Trinajstić information content (AvgIpc) is 3.15. The van der Waals surface area contributed by atoms with Crippen LogP contribution < -0.4 is 0 Å². The Bertz CT molecular complexity index is 1170. The molecule has 4 aromatic rings. The molecule has 2 aromatic carbocycles. The lowest BCUT2D eigenvalue weighted by Crippen LogP contribution is -1.91. The van der Waals surface area contributed by atoms with E-state index in [-0.39, 0.29) is 0 Å². The first kappa shape index (κ1) is 16.5. The van der Waals surface area contributed by atoms with Crippen LogP contribution in [0.2, 0.25) is 0 Å². The predicted octanol–water partition coefficient (Wildman–Crippen LogP) is 6.69. The van der Waals surface area contributed by atoms with E-state index in [0.29, 0.717) is 11.1 Å². The first-order chi connectivity index (χ1) is 12.7. The summed E-state index contributed by atoms with van der Waals surface area (Å²) in [4.78, 5) is 2.13. The van der Waals surface area contributed by atoms with E-state index in [1.807, 2.05) is 50.2 Å². The molecule has 4 rings (SSSR count). The van der Waals surface area contributed by atoms with E-state index in [0.717, 1.165) is 41.1 Å². The lowest BCUT2D eigenvalue weighted by Gasteiger charge is -2.06. The van der Waals surface area contributed by atoms with Gasteiger partial charge >= 0.3 is 0 Å². The number of nitrogens with zero attached hydrogens (tertiary/aromatic N) is 2. The molecule has 0 radical (unpaired) electrons. The fourth-order valence-electron chi connectivity index (χ4n) is 3.43. The number of rotatable bonds is 2. The summed E-state index contributed by atoms with van der Waals surface area (Å²) in [6.45, 7) is 4.04. The first-order valence-corrected chi connectivity index (χ1v) is 9.80. The minimum Gasteiger partial charge on any atom is -0.192 e. The largest absolute Gasteiger partial charge is 0.192 e. The maximum Gasteiger partial charge on any atom is 0.101 e. The van der Waals surface area contributed by atoms with Gasteiger partial charge in [-0.2, -0.15) is 10.5 Å². The van der Waals surface area contributed by atoms with Gasteiger partial charge in [-0.1, -0.05) is 36.4 Å². The highest BCUT2D eigenvalue weighted by Gasteiger charge is 2.21. The van der Waals surface area contributed by atoms with Crippen LogP contribution in [0.5, 0.6) is 0 Å². The van der Waals surface area contributed by atoms with Crippen molar-refractivity contribution in [3.8, 4) is 12.1 Å². The SMILES string of the molecule is Cc1sc2ccccc2c1C(C#N)=C(C#N)c1c(C)sc2ccccc12. The normalized spacial score (nSPS) is 12.0. The summed E-state index contributed by atoms with van der Waals surface area (Å²) in [5.74, 6) is 0. The topological polar surface area (TPSA) is 47.6 Å². The van der Waals surface area contributed by atoms with Crippen molar-refractivity contribution in [1.82, 2.24) is 0 Å². The van der Waals surface area contributed by atoms with Crippen LogP contribution in [-0.4, -0.2) is 0 Å². The molecule has 0 fully saturated rings. The van der Waals surface area contributed by atoms with E-state index in [2.05, 4.69) is 24.3 Å². The molecule has 0 aliphatic carbocycles. The van der Waals surface area contributed by atoms with Gasteiger partial charge in [0.15, 0.2) is 0 Å². The molecule has 26 heavy (non-hydrogen) atoms. The molecule has 0 aliphatic rings. The number of benzene rings is 2. The highest BCUT2D eigenvalue weighted by molar-refractivity contribution is 7.19. The Hall–Kier alpha value is -2.92. The second kappa shape index (κ2) is 6.42. The summed E-state index contributed by atoms with van der Waals surface area (Å²) < 4.78 is 2.27. The number of fused-ring (bicyclic) bond motifs is 2. The highest BCUT2D eigenvalue weighted by atomic mass is 32.1. The fourth-order valence-corrected chi connectivity index (χ4v) is 5.57. The second-order valence-electron chi connectivity index (χ2n) is 6.03. The molecule has 0 saturated carbocycles. The monoisotopic (exact) mass is 370 g/mol. The van der Waals surface area contributed by atoms with Gasteiger partial charge in [0.2, 0.25) is 0 Å². The van der Waals surface area contributed by atoms with Crippen LogP contribution in [0.1, 0.15) is 20.9 Å². The molecule has 0 saturated heterocycles. The van der Waals surface area contributed by atoms with Gasteiger partial charge in [0.05, 0.1) is 11.1 Å². The summed E-state index contributed by atoms with van der Waals surface area (Å²) in [6, 6.07) is 20.8. The Balaban J connectivity index is 2.11. The molecule has 4 heteroatoms. The highest BCUT2D eigenvalue weighted by Crippen LogP contribution is 2.42. The van der Waals surface area contributed by atoms with Crippen molar-refractivity contribution in [1.29, 1.82) is 10.5 Å². The molecule has 0 aliphatic heterocycles. The molecule has 0 unspecified atom stereocenters. The summed E-state index contributed by atoms with van der Waals surface area (Å²) in [7, 11) is 0. The molecule has 0 atom stereocenters. The van der Waals surface area contributed by atoms with Gasteiger partial charge in [0.25, 0.3) is 0 Å². The van der Waals surface area contributed by atoms with Crippen molar-refractivity contribution in [3.05, 3.63) is 69.4 Å². The van der Waals surface area contributed by atoms with E-state index < -0.39 is 0 Å². The third-order valence-electron chi connectivity index (χ3n) is 4.52. The first-order valence-electron chi connectivity index (χ1n) is 8.17. The van der Waals surface area contributed by atoms with Crippen LogP contribution in [0.15, 0.2) is 48.5 Å². The number of thiophene rings is 2. The zero-order chi connectivity index (χ0) is 18.3. The standard InChI is InChI=1S/C22H14N2S2/c1-13-21(15-7-3-5-9-19(15)25-13)17(11-23)18(12-24)22-14(2)26-20-10-6-4-8-16(20)22/h3-10H,1-2H3. The molecule has 2 heterocycles. The van der Waals surface area contributed by atoms with Crippen LogP contribution in [0.3, 0.4) is 0 Å². The predicted molar refractivity (Wildman–Crippen MR) is 111 cm³/mol. The van der Waals surface area contributed by atoms with Gasteiger partial charge < -0.3 is 0 Å². The lowest BCUT2D eigenvalue weighted by atomic mass is 9.93. The van der Waals surface area contributed by atoms with E-state index in [9.17, 15) is 10.5 Å². The van der Waals surface area contributed by atoms with Gasteiger partial charge in [-0.05, 0) is 26.0 Å². The maximum atomic E-state index is 9.99. The van der Waals surface area contributed by atoms with Crippen molar-refractivity contribution in [2.24, 2.45) is 0 Å². The molecule has 2 aromatic heterocycles. The average molecular weight is 371 g/mol.